The van der Waals surface area contributed by atoms with Crippen molar-refractivity contribution in [3.63, 3.8) is 0 Å². The van der Waals surface area contributed by atoms with E-state index >= 15 is 0 Å². The summed E-state index contributed by atoms with van der Waals surface area (Å²) < 4.78 is 13.0. The molecule has 5 heteroatoms. The lowest BCUT2D eigenvalue weighted by Gasteiger charge is -2.17. The van der Waals surface area contributed by atoms with Gasteiger partial charge in [-0.2, -0.15) is 0 Å². The zero-order valence-corrected chi connectivity index (χ0v) is 11.3. The molecule has 0 spiro atoms. The minimum atomic E-state index is -0.409. The number of rotatable bonds is 7. The Hall–Kier alpha value is -1.72. The van der Waals surface area contributed by atoms with Gasteiger partial charge in [0.15, 0.2) is 0 Å². The first-order valence-corrected chi connectivity index (χ1v) is 6.50. The van der Waals surface area contributed by atoms with Crippen LogP contribution in [0.25, 0.3) is 0 Å². The van der Waals surface area contributed by atoms with E-state index in [0.717, 1.165) is 5.69 Å². The number of hydrogen-bond donors (Lipinski definition) is 0. The van der Waals surface area contributed by atoms with Crippen molar-refractivity contribution in [1.82, 2.24) is 15.0 Å². The highest BCUT2D eigenvalue weighted by molar-refractivity contribution is 5.15. The third-order valence-electron chi connectivity index (χ3n) is 2.70. The first-order chi connectivity index (χ1) is 9.35. The predicted octanol–water partition coefficient (Wildman–Crippen LogP) is 2.40. The largest absolute Gasteiger partial charge is 0.347 e. The van der Waals surface area contributed by atoms with Crippen LogP contribution in [0.15, 0.2) is 36.5 Å². The second-order valence-corrected chi connectivity index (χ2v) is 4.04. The van der Waals surface area contributed by atoms with E-state index in [0.29, 0.717) is 19.8 Å². The first-order valence-electron chi connectivity index (χ1n) is 6.50. The van der Waals surface area contributed by atoms with Crippen LogP contribution in [0.3, 0.4) is 0 Å². The van der Waals surface area contributed by atoms with Gasteiger partial charge in [0.2, 0.25) is 6.29 Å². The highest BCUT2D eigenvalue weighted by Crippen LogP contribution is 2.18. The minimum Gasteiger partial charge on any atom is -0.347 e. The lowest BCUT2D eigenvalue weighted by atomic mass is 10.2. The molecule has 0 radical (unpaired) electrons. The fraction of sp³-hybridized carbons (Fsp3) is 0.429. The maximum atomic E-state index is 5.58. The van der Waals surface area contributed by atoms with Crippen LogP contribution in [0.4, 0.5) is 0 Å². The van der Waals surface area contributed by atoms with Crippen molar-refractivity contribution in [2.75, 3.05) is 13.2 Å². The van der Waals surface area contributed by atoms with Crippen molar-refractivity contribution in [2.45, 2.75) is 26.7 Å². The van der Waals surface area contributed by atoms with Crippen molar-refractivity contribution < 1.29 is 9.47 Å². The maximum Gasteiger partial charge on any atom is 0.202 e. The van der Waals surface area contributed by atoms with Gasteiger partial charge in [0, 0.05) is 13.2 Å². The van der Waals surface area contributed by atoms with Gasteiger partial charge in [-0.15, -0.1) is 5.10 Å². The molecule has 0 bridgehead atoms. The van der Waals surface area contributed by atoms with E-state index in [1.54, 1.807) is 6.20 Å². The Balaban J connectivity index is 2.16. The van der Waals surface area contributed by atoms with Crippen LogP contribution in [-0.2, 0) is 16.0 Å². The highest BCUT2D eigenvalue weighted by atomic mass is 16.7. The Labute approximate surface area is 113 Å². The lowest BCUT2D eigenvalue weighted by molar-refractivity contribution is -0.144. The molecule has 0 saturated carbocycles. The normalized spacial score (nSPS) is 11.1. The van der Waals surface area contributed by atoms with Gasteiger partial charge in [-0.3, -0.25) is 0 Å². The second kappa shape index (κ2) is 7.01. The lowest BCUT2D eigenvalue weighted by Crippen LogP contribution is -2.15. The molecule has 0 aliphatic carbocycles. The molecule has 0 aliphatic rings. The van der Waals surface area contributed by atoms with Gasteiger partial charge in [0.25, 0.3) is 0 Å². The van der Waals surface area contributed by atoms with Crippen LogP contribution in [0.1, 0.15) is 31.4 Å². The molecule has 0 N–H and O–H groups in total. The molecular weight excluding hydrogens is 242 g/mol. The summed E-state index contributed by atoms with van der Waals surface area (Å²) in [6.45, 7) is 5.71. The van der Waals surface area contributed by atoms with Gasteiger partial charge in [0.05, 0.1) is 12.7 Å². The van der Waals surface area contributed by atoms with Gasteiger partial charge >= 0.3 is 0 Å². The number of aromatic nitrogens is 3. The number of benzene rings is 1. The van der Waals surface area contributed by atoms with E-state index in [9.17, 15) is 0 Å². The predicted molar refractivity (Wildman–Crippen MR) is 71.6 cm³/mol. The summed E-state index contributed by atoms with van der Waals surface area (Å²) in [5.74, 6) is 0. The van der Waals surface area contributed by atoms with E-state index in [1.807, 2.05) is 36.7 Å². The summed E-state index contributed by atoms with van der Waals surface area (Å²) in [6.07, 6.45) is 1.28. The average Bonchev–Trinajstić information content (AvgIpc) is 2.88. The van der Waals surface area contributed by atoms with Crippen LogP contribution in [-0.4, -0.2) is 28.2 Å². The van der Waals surface area contributed by atoms with Gasteiger partial charge < -0.3 is 9.47 Å². The van der Waals surface area contributed by atoms with Gasteiger partial charge in [-0.25, -0.2) is 4.68 Å². The fourth-order valence-corrected chi connectivity index (χ4v) is 1.85. The molecule has 0 aliphatic heterocycles. The molecule has 1 heterocycles. The van der Waals surface area contributed by atoms with Crippen molar-refractivity contribution in [3.8, 4) is 0 Å². The van der Waals surface area contributed by atoms with Crippen LogP contribution in [0, 0.1) is 0 Å². The van der Waals surface area contributed by atoms with Crippen LogP contribution in [0.2, 0.25) is 0 Å². The highest BCUT2D eigenvalue weighted by Gasteiger charge is 2.17. The van der Waals surface area contributed by atoms with Gasteiger partial charge in [-0.05, 0) is 19.4 Å². The molecule has 2 aromatic rings. The summed E-state index contributed by atoms with van der Waals surface area (Å²) >= 11 is 0. The summed E-state index contributed by atoms with van der Waals surface area (Å²) in [4.78, 5) is 0. The standard InChI is InChI=1S/C14H19N3O2/c1-3-18-14(19-4-2)13-10-15-16-17(13)11-12-8-6-5-7-9-12/h5-10,14H,3-4,11H2,1-2H3. The Morgan fingerprint density at radius 2 is 1.79 bits per heavy atom. The molecule has 0 saturated heterocycles. The number of nitrogens with zero attached hydrogens (tertiary/aromatic N) is 3. The average molecular weight is 261 g/mol. The monoisotopic (exact) mass is 261 g/mol. The minimum absolute atomic E-state index is 0.409. The van der Waals surface area contributed by atoms with Crippen molar-refractivity contribution in [3.05, 3.63) is 47.8 Å². The van der Waals surface area contributed by atoms with E-state index in [2.05, 4.69) is 22.4 Å². The SMILES string of the molecule is CCOC(OCC)c1cnnn1Cc1ccccc1. The quantitative estimate of drug-likeness (QED) is 0.718. The summed E-state index contributed by atoms with van der Waals surface area (Å²) in [5.41, 5.74) is 2.01. The number of hydrogen-bond acceptors (Lipinski definition) is 4. The first kappa shape index (κ1) is 13.7. The van der Waals surface area contributed by atoms with E-state index in [1.165, 1.54) is 5.56 Å². The zero-order valence-electron chi connectivity index (χ0n) is 11.3. The zero-order chi connectivity index (χ0) is 13.5. The van der Waals surface area contributed by atoms with E-state index in [4.69, 9.17) is 9.47 Å². The molecular formula is C14H19N3O2. The summed E-state index contributed by atoms with van der Waals surface area (Å²) in [6, 6.07) is 10.1. The molecule has 1 aromatic heterocycles. The Morgan fingerprint density at radius 3 is 2.42 bits per heavy atom. The fourth-order valence-electron chi connectivity index (χ4n) is 1.85. The van der Waals surface area contributed by atoms with Gasteiger partial charge in [0.1, 0.15) is 5.69 Å². The Bertz CT molecular complexity index is 478. The second-order valence-electron chi connectivity index (χ2n) is 4.04. The van der Waals surface area contributed by atoms with Gasteiger partial charge in [-0.1, -0.05) is 35.5 Å². The molecule has 5 nitrogen and oxygen atoms in total. The third kappa shape index (κ3) is 3.62. The molecule has 102 valence electrons. The smallest absolute Gasteiger partial charge is 0.202 e. The molecule has 19 heavy (non-hydrogen) atoms. The van der Waals surface area contributed by atoms with E-state index in [-0.39, 0.29) is 0 Å². The number of ether oxygens (including phenoxy) is 2. The molecule has 2 rings (SSSR count). The van der Waals surface area contributed by atoms with Crippen molar-refractivity contribution in [1.29, 1.82) is 0 Å². The molecule has 0 fully saturated rings. The van der Waals surface area contributed by atoms with Crippen LogP contribution < -0.4 is 0 Å². The summed E-state index contributed by atoms with van der Waals surface area (Å²) in [5, 5.41) is 8.06. The maximum absolute atomic E-state index is 5.58. The Kier molecular flexibility index (Phi) is 5.06. The molecule has 0 atom stereocenters. The Morgan fingerprint density at radius 1 is 1.11 bits per heavy atom. The summed E-state index contributed by atoms with van der Waals surface area (Å²) in [7, 11) is 0. The van der Waals surface area contributed by atoms with Crippen molar-refractivity contribution >= 4 is 0 Å². The molecule has 0 unspecified atom stereocenters. The van der Waals surface area contributed by atoms with Crippen molar-refractivity contribution in [2.24, 2.45) is 0 Å². The topological polar surface area (TPSA) is 49.2 Å². The third-order valence-corrected chi connectivity index (χ3v) is 2.70. The van der Waals surface area contributed by atoms with Crippen LogP contribution >= 0.6 is 0 Å². The van der Waals surface area contributed by atoms with Crippen LogP contribution in [0.5, 0.6) is 0 Å². The van der Waals surface area contributed by atoms with E-state index < -0.39 is 6.29 Å². The molecule has 0 amide bonds. The molecule has 1 aromatic carbocycles.